The molecule has 1 heterocycles. The van der Waals surface area contributed by atoms with Gasteiger partial charge in [-0.25, -0.2) is 9.97 Å². The molecule has 0 aromatic carbocycles. The second-order valence-electron chi connectivity index (χ2n) is 2.05. The van der Waals surface area contributed by atoms with Crippen LogP contribution in [0.25, 0.3) is 0 Å². The van der Waals surface area contributed by atoms with Gasteiger partial charge in [0.1, 0.15) is 0 Å². The maximum atomic E-state index is 4.24. The molecule has 0 saturated carbocycles. The number of hydrogen-bond donors (Lipinski definition) is 1. The van der Waals surface area contributed by atoms with E-state index in [4.69, 9.17) is 0 Å². The fraction of sp³-hybridized carbons (Fsp3) is 0.429. The minimum absolute atomic E-state index is 0.691. The zero-order valence-electron chi connectivity index (χ0n) is 6.66. The molecular formula is C7H11N3S. The number of anilines is 1. The van der Waals surface area contributed by atoms with E-state index in [1.54, 1.807) is 18.0 Å². The first kappa shape index (κ1) is 8.33. The largest absolute Gasteiger partial charge is 0.357 e. The molecule has 1 rings (SSSR count). The van der Waals surface area contributed by atoms with Crippen LogP contribution in [0.1, 0.15) is 5.69 Å². The van der Waals surface area contributed by atoms with Crippen LogP contribution in [0, 0.1) is 0 Å². The summed E-state index contributed by atoms with van der Waals surface area (Å²) in [7, 11) is 1.82. The monoisotopic (exact) mass is 169 g/mol. The number of nitrogens with zero attached hydrogens (tertiary/aromatic N) is 2. The Balaban J connectivity index is 2.74. The summed E-state index contributed by atoms with van der Waals surface area (Å²) < 4.78 is 0. The summed E-state index contributed by atoms with van der Waals surface area (Å²) in [5, 5.41) is 2.89. The van der Waals surface area contributed by atoms with E-state index < -0.39 is 0 Å². The topological polar surface area (TPSA) is 37.8 Å². The summed E-state index contributed by atoms with van der Waals surface area (Å²) >= 11 is 1.76. The number of rotatable bonds is 3. The van der Waals surface area contributed by atoms with Crippen LogP contribution in [-0.4, -0.2) is 23.3 Å². The van der Waals surface area contributed by atoms with Crippen LogP contribution in [-0.2, 0) is 5.75 Å². The number of thioether (sulfide) groups is 1. The van der Waals surface area contributed by atoms with Crippen LogP contribution in [0.15, 0.2) is 12.3 Å². The van der Waals surface area contributed by atoms with E-state index in [1.807, 2.05) is 13.1 Å². The Labute approximate surface area is 70.6 Å². The van der Waals surface area contributed by atoms with Gasteiger partial charge in [0, 0.05) is 19.0 Å². The molecule has 4 heteroatoms. The van der Waals surface area contributed by atoms with Gasteiger partial charge in [-0.1, -0.05) is 0 Å². The average molecular weight is 169 g/mol. The molecule has 0 aliphatic carbocycles. The van der Waals surface area contributed by atoms with Gasteiger partial charge in [0.2, 0.25) is 5.95 Å². The Morgan fingerprint density at radius 1 is 1.64 bits per heavy atom. The summed E-state index contributed by atoms with van der Waals surface area (Å²) in [5.74, 6) is 1.63. The van der Waals surface area contributed by atoms with Crippen molar-refractivity contribution in [2.75, 3.05) is 18.6 Å². The van der Waals surface area contributed by atoms with E-state index in [-0.39, 0.29) is 0 Å². The normalized spacial score (nSPS) is 9.64. The van der Waals surface area contributed by atoms with Gasteiger partial charge in [0.15, 0.2) is 0 Å². The lowest BCUT2D eigenvalue weighted by Gasteiger charge is -1.99. The molecule has 0 aliphatic rings. The second-order valence-corrected chi connectivity index (χ2v) is 2.92. The van der Waals surface area contributed by atoms with Crippen LogP contribution < -0.4 is 5.32 Å². The standard InChI is InChI=1S/C7H11N3S/c1-8-7-9-4-3-6(10-7)5-11-2/h3-4H,5H2,1-2H3,(H,8,9,10). The fourth-order valence-electron chi connectivity index (χ4n) is 0.745. The summed E-state index contributed by atoms with van der Waals surface area (Å²) in [6, 6.07) is 1.93. The van der Waals surface area contributed by atoms with E-state index in [0.717, 1.165) is 11.4 Å². The molecule has 0 saturated heterocycles. The quantitative estimate of drug-likeness (QED) is 0.742. The van der Waals surface area contributed by atoms with Crippen molar-refractivity contribution in [2.45, 2.75) is 5.75 Å². The van der Waals surface area contributed by atoms with Crippen molar-refractivity contribution < 1.29 is 0 Å². The second kappa shape index (κ2) is 4.18. The number of hydrogen-bond acceptors (Lipinski definition) is 4. The Morgan fingerprint density at radius 2 is 2.45 bits per heavy atom. The van der Waals surface area contributed by atoms with Gasteiger partial charge in [-0.2, -0.15) is 11.8 Å². The SMILES string of the molecule is CNc1nccc(CSC)n1. The first-order valence-corrected chi connectivity index (χ1v) is 4.75. The molecule has 1 N–H and O–H groups in total. The molecule has 1 aromatic heterocycles. The Morgan fingerprint density at radius 3 is 3.09 bits per heavy atom. The minimum atomic E-state index is 0.691. The summed E-state index contributed by atoms with van der Waals surface area (Å²) in [4.78, 5) is 8.25. The van der Waals surface area contributed by atoms with E-state index >= 15 is 0 Å². The van der Waals surface area contributed by atoms with Gasteiger partial charge in [0.05, 0.1) is 5.69 Å². The van der Waals surface area contributed by atoms with Crippen molar-refractivity contribution in [3.8, 4) is 0 Å². The molecule has 0 spiro atoms. The molecule has 11 heavy (non-hydrogen) atoms. The molecule has 0 atom stereocenters. The highest BCUT2D eigenvalue weighted by molar-refractivity contribution is 7.97. The van der Waals surface area contributed by atoms with Gasteiger partial charge in [-0.3, -0.25) is 0 Å². The third-order valence-corrected chi connectivity index (χ3v) is 1.81. The van der Waals surface area contributed by atoms with Gasteiger partial charge in [0.25, 0.3) is 0 Å². The van der Waals surface area contributed by atoms with Gasteiger partial charge >= 0.3 is 0 Å². The summed E-state index contributed by atoms with van der Waals surface area (Å²) in [5.41, 5.74) is 1.07. The van der Waals surface area contributed by atoms with Crippen molar-refractivity contribution in [1.82, 2.24) is 9.97 Å². The van der Waals surface area contributed by atoms with Crippen LogP contribution in [0.2, 0.25) is 0 Å². The van der Waals surface area contributed by atoms with Crippen molar-refractivity contribution in [3.63, 3.8) is 0 Å². The van der Waals surface area contributed by atoms with Crippen molar-refractivity contribution in [1.29, 1.82) is 0 Å². The zero-order chi connectivity index (χ0) is 8.10. The highest BCUT2D eigenvalue weighted by Gasteiger charge is 1.94. The van der Waals surface area contributed by atoms with Gasteiger partial charge < -0.3 is 5.32 Å². The molecule has 60 valence electrons. The van der Waals surface area contributed by atoms with Gasteiger partial charge in [-0.05, 0) is 12.3 Å². The molecule has 0 fully saturated rings. The van der Waals surface area contributed by atoms with E-state index in [0.29, 0.717) is 5.95 Å². The van der Waals surface area contributed by atoms with Crippen LogP contribution in [0.3, 0.4) is 0 Å². The highest BCUT2D eigenvalue weighted by atomic mass is 32.2. The van der Waals surface area contributed by atoms with E-state index in [9.17, 15) is 0 Å². The average Bonchev–Trinajstić information content (AvgIpc) is 2.06. The molecule has 0 amide bonds. The lowest BCUT2D eigenvalue weighted by Crippen LogP contribution is -1.97. The molecular weight excluding hydrogens is 158 g/mol. The first-order chi connectivity index (χ1) is 5.36. The number of nitrogens with one attached hydrogen (secondary N) is 1. The predicted molar refractivity (Wildman–Crippen MR) is 48.8 cm³/mol. The smallest absolute Gasteiger partial charge is 0.222 e. The molecule has 0 unspecified atom stereocenters. The van der Waals surface area contributed by atoms with Crippen LogP contribution in [0.5, 0.6) is 0 Å². The third-order valence-electron chi connectivity index (χ3n) is 1.23. The van der Waals surface area contributed by atoms with Crippen molar-refractivity contribution >= 4 is 17.7 Å². The minimum Gasteiger partial charge on any atom is -0.357 e. The Hall–Kier alpha value is -0.770. The lowest BCUT2D eigenvalue weighted by atomic mass is 10.5. The van der Waals surface area contributed by atoms with Crippen LogP contribution in [0.4, 0.5) is 5.95 Å². The molecule has 0 bridgehead atoms. The van der Waals surface area contributed by atoms with Crippen molar-refractivity contribution in [2.24, 2.45) is 0 Å². The molecule has 0 radical (unpaired) electrons. The number of aromatic nitrogens is 2. The molecule has 1 aromatic rings. The zero-order valence-corrected chi connectivity index (χ0v) is 7.48. The maximum absolute atomic E-state index is 4.24. The van der Waals surface area contributed by atoms with E-state index in [1.165, 1.54) is 0 Å². The lowest BCUT2D eigenvalue weighted by molar-refractivity contribution is 1.08. The first-order valence-electron chi connectivity index (χ1n) is 3.35. The van der Waals surface area contributed by atoms with E-state index in [2.05, 4.69) is 21.5 Å². The predicted octanol–water partition coefficient (Wildman–Crippen LogP) is 1.38. The molecule has 0 aliphatic heterocycles. The highest BCUT2D eigenvalue weighted by Crippen LogP contribution is 2.06. The fourth-order valence-corrected chi connectivity index (χ4v) is 1.20. The summed E-state index contributed by atoms with van der Waals surface area (Å²) in [6.45, 7) is 0. The van der Waals surface area contributed by atoms with Gasteiger partial charge in [-0.15, -0.1) is 0 Å². The molecule has 3 nitrogen and oxygen atoms in total. The van der Waals surface area contributed by atoms with Crippen LogP contribution >= 0.6 is 11.8 Å². The Bertz CT molecular complexity index is 227. The summed E-state index contributed by atoms with van der Waals surface area (Å²) in [6.07, 6.45) is 3.82. The maximum Gasteiger partial charge on any atom is 0.222 e. The van der Waals surface area contributed by atoms with Crippen molar-refractivity contribution in [3.05, 3.63) is 18.0 Å². The Kier molecular flexibility index (Phi) is 3.16. The third kappa shape index (κ3) is 2.38.